The summed E-state index contributed by atoms with van der Waals surface area (Å²) in [6, 6.07) is 14.9. The molecule has 11 nitrogen and oxygen atoms in total. The van der Waals surface area contributed by atoms with Crippen molar-refractivity contribution >= 4 is 14.0 Å². The second-order valence-electron chi connectivity index (χ2n) is 13.3. The van der Waals surface area contributed by atoms with Gasteiger partial charge < -0.3 is 23.4 Å². The van der Waals surface area contributed by atoms with Gasteiger partial charge in [0.1, 0.15) is 29.7 Å². The smallest absolute Gasteiger partial charge is 0.334 e. The average Bonchev–Trinajstić information content (AvgIpc) is 3.46. The zero-order chi connectivity index (χ0) is 32.0. The Morgan fingerprint density at radius 1 is 0.977 bits per heavy atom. The van der Waals surface area contributed by atoms with Crippen LogP contribution < -0.4 is 16.0 Å². The fraction of sp³-hybridized carbons (Fsp3) is 0.500. The number of benzene rings is 2. The molecule has 2 aliphatic rings. The van der Waals surface area contributed by atoms with Crippen molar-refractivity contribution in [1.82, 2.24) is 9.13 Å². The Morgan fingerprint density at radius 2 is 1.61 bits per heavy atom. The first-order valence-electron chi connectivity index (χ1n) is 14.7. The molecule has 0 spiro atoms. The van der Waals surface area contributed by atoms with Crippen molar-refractivity contribution in [3.8, 4) is 17.0 Å². The second kappa shape index (κ2) is 11.8. The summed E-state index contributed by atoms with van der Waals surface area (Å²) < 4.78 is 33.7. The van der Waals surface area contributed by atoms with Gasteiger partial charge in [-0.05, 0) is 72.5 Å². The fourth-order valence-electron chi connectivity index (χ4n) is 5.32. The lowest BCUT2D eigenvalue weighted by Gasteiger charge is -2.37. The van der Waals surface area contributed by atoms with Crippen LogP contribution in [-0.2, 0) is 25.2 Å². The van der Waals surface area contributed by atoms with Gasteiger partial charge in [-0.3, -0.25) is 13.9 Å². The van der Waals surface area contributed by atoms with Crippen LogP contribution in [0.1, 0.15) is 46.4 Å². The van der Waals surface area contributed by atoms with Crippen LogP contribution in [0.4, 0.5) is 5.69 Å². The Kier molecular flexibility index (Phi) is 8.60. The van der Waals surface area contributed by atoms with E-state index in [0.717, 1.165) is 5.56 Å². The highest BCUT2D eigenvalue weighted by Crippen LogP contribution is 2.45. The number of nitrogens with zero attached hydrogens (tertiary/aromatic N) is 3. The van der Waals surface area contributed by atoms with Crippen LogP contribution in [0.2, 0.25) is 18.1 Å². The third kappa shape index (κ3) is 6.22. The average molecular weight is 624 g/mol. The predicted molar refractivity (Wildman–Crippen MR) is 169 cm³/mol. The van der Waals surface area contributed by atoms with E-state index in [1.807, 2.05) is 13.8 Å². The topological polar surface area (TPSA) is 120 Å². The molecule has 5 rings (SSSR count). The van der Waals surface area contributed by atoms with Gasteiger partial charge in [-0.1, -0.05) is 45.0 Å². The van der Waals surface area contributed by atoms with Crippen molar-refractivity contribution in [3.05, 3.63) is 85.9 Å². The molecule has 3 aromatic rings. The van der Waals surface area contributed by atoms with Gasteiger partial charge in [0.25, 0.3) is 5.56 Å². The lowest BCUT2D eigenvalue weighted by Crippen LogP contribution is -2.44. The Hall–Kier alpha value is -3.42. The van der Waals surface area contributed by atoms with E-state index < -0.39 is 49.9 Å². The fourth-order valence-corrected chi connectivity index (χ4v) is 6.33. The van der Waals surface area contributed by atoms with Crippen LogP contribution in [-0.4, -0.2) is 55.3 Å². The SMILES string of the molecule is COc1ccc(Cn2c(=O)cc(-c3ccc(N=O)cc3)n([C@@H]3O[C@H](CO[Si](C)(C)C(C)(C)C)C4OC(C)(C)OC43)c2=O)cc1. The van der Waals surface area contributed by atoms with E-state index in [2.05, 4.69) is 39.0 Å². The molecule has 44 heavy (non-hydrogen) atoms. The molecule has 236 valence electrons. The largest absolute Gasteiger partial charge is 0.497 e. The second-order valence-corrected chi connectivity index (χ2v) is 18.1. The summed E-state index contributed by atoms with van der Waals surface area (Å²) >= 11 is 0. The van der Waals surface area contributed by atoms with Gasteiger partial charge in [0.05, 0.1) is 26.0 Å². The number of nitroso groups, excluding NO2 is 1. The van der Waals surface area contributed by atoms with Crippen molar-refractivity contribution in [3.63, 3.8) is 0 Å². The Balaban J connectivity index is 1.61. The zero-order valence-electron chi connectivity index (χ0n) is 26.5. The summed E-state index contributed by atoms with van der Waals surface area (Å²) in [4.78, 5) is 38.9. The van der Waals surface area contributed by atoms with Crippen molar-refractivity contribution in [1.29, 1.82) is 0 Å². The van der Waals surface area contributed by atoms with Crippen LogP contribution in [0.3, 0.4) is 0 Å². The highest BCUT2D eigenvalue weighted by molar-refractivity contribution is 6.74. The zero-order valence-corrected chi connectivity index (χ0v) is 27.5. The summed E-state index contributed by atoms with van der Waals surface area (Å²) in [7, 11) is -0.564. The Morgan fingerprint density at radius 3 is 2.20 bits per heavy atom. The molecule has 12 heteroatoms. The lowest BCUT2D eigenvalue weighted by atomic mass is 10.1. The quantitative estimate of drug-likeness (QED) is 0.224. The van der Waals surface area contributed by atoms with E-state index in [0.29, 0.717) is 17.0 Å². The minimum atomic E-state index is -2.14. The van der Waals surface area contributed by atoms with E-state index >= 15 is 0 Å². The normalized spacial score (nSPS) is 23.0. The number of ether oxygens (including phenoxy) is 4. The summed E-state index contributed by atoms with van der Waals surface area (Å²) in [6.45, 7) is 14.8. The maximum Gasteiger partial charge on any atom is 0.334 e. The molecule has 0 radical (unpaired) electrons. The third-order valence-corrected chi connectivity index (χ3v) is 13.3. The minimum absolute atomic E-state index is 0.0136. The Labute approximate surface area is 257 Å². The summed E-state index contributed by atoms with van der Waals surface area (Å²) in [6.07, 6.45) is -2.62. The Bertz CT molecular complexity index is 1620. The lowest BCUT2D eigenvalue weighted by molar-refractivity contribution is -0.200. The molecule has 1 aromatic heterocycles. The van der Waals surface area contributed by atoms with Crippen molar-refractivity contribution in [2.75, 3.05) is 13.7 Å². The third-order valence-electron chi connectivity index (χ3n) is 8.79. The maximum atomic E-state index is 14.4. The molecule has 0 aliphatic carbocycles. The van der Waals surface area contributed by atoms with Gasteiger partial charge in [0.15, 0.2) is 20.3 Å². The van der Waals surface area contributed by atoms with E-state index in [1.165, 1.54) is 27.3 Å². The predicted octanol–water partition coefficient (Wildman–Crippen LogP) is 5.57. The van der Waals surface area contributed by atoms with Gasteiger partial charge >= 0.3 is 5.69 Å². The first-order chi connectivity index (χ1) is 20.6. The molecule has 0 N–H and O–H groups in total. The van der Waals surface area contributed by atoms with E-state index in [-0.39, 0.29) is 23.9 Å². The summed E-state index contributed by atoms with van der Waals surface area (Å²) in [5, 5.41) is 2.96. The van der Waals surface area contributed by atoms with Crippen LogP contribution in [0.25, 0.3) is 11.3 Å². The first kappa shape index (κ1) is 32.0. The van der Waals surface area contributed by atoms with E-state index in [4.69, 9.17) is 23.4 Å². The summed E-state index contributed by atoms with van der Waals surface area (Å²) in [5.41, 5.74) is 0.798. The van der Waals surface area contributed by atoms with Gasteiger partial charge in [-0.15, -0.1) is 4.91 Å². The number of methoxy groups -OCH3 is 1. The van der Waals surface area contributed by atoms with E-state index in [9.17, 15) is 14.5 Å². The van der Waals surface area contributed by atoms with Crippen LogP contribution in [0.5, 0.6) is 5.75 Å². The molecule has 0 bridgehead atoms. The molecule has 2 fully saturated rings. The number of fused-ring (bicyclic) bond motifs is 1. The highest BCUT2D eigenvalue weighted by Gasteiger charge is 2.57. The van der Waals surface area contributed by atoms with Crippen LogP contribution >= 0.6 is 0 Å². The molecule has 0 saturated carbocycles. The summed E-state index contributed by atoms with van der Waals surface area (Å²) in [5.74, 6) is -0.259. The molecule has 0 amide bonds. The molecule has 4 atom stereocenters. The minimum Gasteiger partial charge on any atom is -0.497 e. The number of hydrogen-bond donors (Lipinski definition) is 0. The molecule has 2 unspecified atom stereocenters. The molecule has 2 saturated heterocycles. The van der Waals surface area contributed by atoms with E-state index in [1.54, 1.807) is 43.5 Å². The number of hydrogen-bond acceptors (Lipinski definition) is 9. The van der Waals surface area contributed by atoms with Crippen molar-refractivity contribution < 1.29 is 23.4 Å². The van der Waals surface area contributed by atoms with Crippen LogP contribution in [0.15, 0.2) is 69.4 Å². The van der Waals surface area contributed by atoms with Gasteiger partial charge in [0.2, 0.25) is 0 Å². The standard InChI is InChI=1S/C32H41N3O8Si/c1-31(2,3)44(7,8)40-19-25-27-28(43-32(4,5)42-27)29(41-25)35-24(21-11-13-22(33-38)14-12-21)17-26(36)34(30(35)37)18-20-9-15-23(39-6)16-10-20/h9-17,25,27-29H,18-19H2,1-8H3/t25-,27?,28?,29-/m1/s1. The van der Waals surface area contributed by atoms with Crippen molar-refractivity contribution in [2.24, 2.45) is 5.18 Å². The van der Waals surface area contributed by atoms with Crippen LogP contribution in [0, 0.1) is 4.91 Å². The number of rotatable bonds is 9. The molecule has 3 heterocycles. The maximum absolute atomic E-state index is 14.4. The van der Waals surface area contributed by atoms with Gasteiger partial charge in [0, 0.05) is 6.07 Å². The molecule has 2 aromatic carbocycles. The molecular weight excluding hydrogens is 582 g/mol. The van der Waals surface area contributed by atoms with Crippen molar-refractivity contribution in [2.45, 2.75) is 89.6 Å². The molecule has 2 aliphatic heterocycles. The van der Waals surface area contributed by atoms with Gasteiger partial charge in [-0.25, -0.2) is 4.79 Å². The molecular formula is C32H41N3O8Si. The monoisotopic (exact) mass is 623 g/mol. The highest BCUT2D eigenvalue weighted by atomic mass is 28.4. The first-order valence-corrected chi connectivity index (χ1v) is 17.6. The number of aromatic nitrogens is 2. The van der Waals surface area contributed by atoms with Gasteiger partial charge in [-0.2, -0.15) is 0 Å².